The highest BCUT2D eigenvalue weighted by Crippen LogP contribution is 2.32. The van der Waals surface area contributed by atoms with E-state index in [-0.39, 0.29) is 34.5 Å². The third-order valence-electron chi connectivity index (χ3n) is 5.13. The molecule has 0 unspecified atom stereocenters. The van der Waals surface area contributed by atoms with Gasteiger partial charge < -0.3 is 19.3 Å². The highest BCUT2D eigenvalue weighted by molar-refractivity contribution is 7.89. The Kier molecular flexibility index (Phi) is 7.94. The molecule has 0 aromatic heterocycles. The van der Waals surface area contributed by atoms with Crippen molar-refractivity contribution in [1.29, 1.82) is 0 Å². The molecule has 2 aromatic carbocycles. The number of methoxy groups -OCH3 is 2. The van der Waals surface area contributed by atoms with Crippen LogP contribution in [-0.4, -0.2) is 72.8 Å². The van der Waals surface area contributed by atoms with E-state index in [1.807, 2.05) is 4.90 Å². The fourth-order valence-corrected chi connectivity index (χ4v) is 4.66. The standard InChI is InChI=1S/C21H25ClFN3O5S/c1-30-12-7-24-32(28,29)16-4-6-20(31-2)19(14-16)25-8-10-26(11-9-25)21(27)17-13-15(23)3-5-18(17)22/h3-6,13-14,24H,7-12H2,1-2H3. The molecule has 174 valence electrons. The van der Waals surface area contributed by atoms with Gasteiger partial charge in [-0.15, -0.1) is 0 Å². The number of piperazine rings is 1. The first-order chi connectivity index (χ1) is 15.3. The lowest BCUT2D eigenvalue weighted by Crippen LogP contribution is -2.49. The van der Waals surface area contributed by atoms with Crippen LogP contribution in [0.2, 0.25) is 5.02 Å². The fraction of sp³-hybridized carbons (Fsp3) is 0.381. The first-order valence-corrected chi connectivity index (χ1v) is 11.8. The second-order valence-electron chi connectivity index (χ2n) is 7.13. The second-order valence-corrected chi connectivity index (χ2v) is 9.30. The van der Waals surface area contributed by atoms with E-state index in [9.17, 15) is 17.6 Å². The fourth-order valence-electron chi connectivity index (χ4n) is 3.43. The maximum atomic E-state index is 13.6. The van der Waals surface area contributed by atoms with E-state index in [2.05, 4.69) is 4.72 Å². The summed E-state index contributed by atoms with van der Waals surface area (Å²) in [5, 5.41) is 0.194. The number of amides is 1. The number of ether oxygens (including phenoxy) is 2. The maximum Gasteiger partial charge on any atom is 0.255 e. The first kappa shape index (κ1) is 24.2. The highest BCUT2D eigenvalue weighted by atomic mass is 35.5. The zero-order valence-corrected chi connectivity index (χ0v) is 19.4. The van der Waals surface area contributed by atoms with Gasteiger partial charge in [-0.25, -0.2) is 17.5 Å². The Hall–Kier alpha value is -2.40. The Balaban J connectivity index is 1.75. The van der Waals surface area contributed by atoms with Crippen molar-refractivity contribution in [2.45, 2.75) is 4.90 Å². The molecule has 0 saturated carbocycles. The SMILES string of the molecule is COCCNS(=O)(=O)c1ccc(OC)c(N2CCN(C(=O)c3cc(F)ccc3Cl)CC2)c1. The predicted octanol–water partition coefficient (Wildman–Crippen LogP) is 2.37. The van der Waals surface area contributed by atoms with Gasteiger partial charge in [0.15, 0.2) is 0 Å². The predicted molar refractivity (Wildman–Crippen MR) is 120 cm³/mol. The van der Waals surface area contributed by atoms with Gasteiger partial charge >= 0.3 is 0 Å². The molecular formula is C21H25ClFN3O5S. The summed E-state index contributed by atoms with van der Waals surface area (Å²) < 4.78 is 51.5. The molecule has 0 radical (unpaired) electrons. The van der Waals surface area contributed by atoms with E-state index in [4.69, 9.17) is 21.1 Å². The third-order valence-corrected chi connectivity index (χ3v) is 6.91. The molecule has 32 heavy (non-hydrogen) atoms. The largest absolute Gasteiger partial charge is 0.495 e. The number of benzene rings is 2. The normalized spacial score (nSPS) is 14.5. The minimum absolute atomic E-state index is 0.106. The summed E-state index contributed by atoms with van der Waals surface area (Å²) in [5.41, 5.74) is 0.728. The maximum absolute atomic E-state index is 13.6. The van der Waals surface area contributed by atoms with Crippen LogP contribution in [0.3, 0.4) is 0 Å². The number of carbonyl (C=O) groups is 1. The molecule has 8 nitrogen and oxygen atoms in total. The number of sulfonamides is 1. The molecule has 3 rings (SSSR count). The van der Waals surface area contributed by atoms with Crippen LogP contribution in [0.1, 0.15) is 10.4 Å². The van der Waals surface area contributed by atoms with Gasteiger partial charge in [0.1, 0.15) is 11.6 Å². The van der Waals surface area contributed by atoms with Crippen molar-refractivity contribution in [3.05, 3.63) is 52.8 Å². The highest BCUT2D eigenvalue weighted by Gasteiger charge is 2.26. The van der Waals surface area contributed by atoms with Crippen LogP contribution in [0.4, 0.5) is 10.1 Å². The first-order valence-electron chi connectivity index (χ1n) is 9.92. The topological polar surface area (TPSA) is 88.2 Å². The molecule has 0 bridgehead atoms. The van der Waals surface area contributed by atoms with Crippen molar-refractivity contribution in [2.24, 2.45) is 0 Å². The molecule has 0 spiro atoms. The smallest absolute Gasteiger partial charge is 0.255 e. The zero-order valence-electron chi connectivity index (χ0n) is 17.8. The molecule has 1 N–H and O–H groups in total. The Bertz CT molecular complexity index is 1080. The summed E-state index contributed by atoms with van der Waals surface area (Å²) in [4.78, 5) is 16.4. The molecule has 1 amide bonds. The summed E-state index contributed by atoms with van der Waals surface area (Å²) in [6, 6.07) is 8.32. The van der Waals surface area contributed by atoms with Crippen LogP contribution in [0.5, 0.6) is 5.75 Å². The molecule has 11 heteroatoms. The van der Waals surface area contributed by atoms with Crippen LogP contribution in [0.25, 0.3) is 0 Å². The molecule has 1 aliphatic heterocycles. The van der Waals surface area contributed by atoms with Crippen LogP contribution in [0.15, 0.2) is 41.3 Å². The Morgan fingerprint density at radius 3 is 2.50 bits per heavy atom. The number of rotatable bonds is 8. The lowest BCUT2D eigenvalue weighted by Gasteiger charge is -2.37. The minimum Gasteiger partial charge on any atom is -0.495 e. The molecule has 0 aliphatic carbocycles. The van der Waals surface area contributed by atoms with Gasteiger partial charge in [0.2, 0.25) is 10.0 Å². The summed E-state index contributed by atoms with van der Waals surface area (Å²) in [6.07, 6.45) is 0. The Morgan fingerprint density at radius 2 is 1.84 bits per heavy atom. The van der Waals surface area contributed by atoms with E-state index in [1.165, 1.54) is 32.4 Å². The van der Waals surface area contributed by atoms with Crippen LogP contribution >= 0.6 is 11.6 Å². The molecule has 1 saturated heterocycles. The van der Waals surface area contributed by atoms with Crippen molar-refractivity contribution < 1.29 is 27.1 Å². The van der Waals surface area contributed by atoms with Crippen molar-refractivity contribution in [3.63, 3.8) is 0 Å². The third kappa shape index (κ3) is 5.50. The quantitative estimate of drug-likeness (QED) is 0.578. The lowest BCUT2D eigenvalue weighted by molar-refractivity contribution is 0.0746. The lowest BCUT2D eigenvalue weighted by atomic mass is 10.1. The van der Waals surface area contributed by atoms with Crippen LogP contribution in [0, 0.1) is 5.82 Å². The molecule has 1 fully saturated rings. The molecular weight excluding hydrogens is 461 g/mol. The number of hydrogen-bond acceptors (Lipinski definition) is 6. The molecule has 1 heterocycles. The summed E-state index contributed by atoms with van der Waals surface area (Å²) >= 11 is 6.07. The average Bonchev–Trinajstić information content (AvgIpc) is 2.80. The van der Waals surface area contributed by atoms with Gasteiger partial charge in [-0.3, -0.25) is 4.79 Å². The van der Waals surface area contributed by atoms with Gasteiger partial charge in [-0.2, -0.15) is 0 Å². The number of carbonyl (C=O) groups excluding carboxylic acids is 1. The van der Waals surface area contributed by atoms with Gasteiger partial charge in [0.25, 0.3) is 5.91 Å². The number of nitrogens with zero attached hydrogens (tertiary/aromatic N) is 2. The average molecular weight is 486 g/mol. The number of hydrogen-bond donors (Lipinski definition) is 1. The number of halogens is 2. The van der Waals surface area contributed by atoms with E-state index >= 15 is 0 Å². The van der Waals surface area contributed by atoms with Gasteiger partial charge in [0.05, 0.1) is 34.9 Å². The Morgan fingerprint density at radius 1 is 1.12 bits per heavy atom. The Labute approximate surface area is 191 Å². The van der Waals surface area contributed by atoms with Crippen LogP contribution in [-0.2, 0) is 14.8 Å². The van der Waals surface area contributed by atoms with Crippen molar-refractivity contribution >= 4 is 33.2 Å². The number of nitrogens with one attached hydrogen (secondary N) is 1. The minimum atomic E-state index is -3.71. The van der Waals surface area contributed by atoms with E-state index in [0.29, 0.717) is 37.6 Å². The van der Waals surface area contributed by atoms with Gasteiger partial charge in [-0.05, 0) is 36.4 Å². The second kappa shape index (κ2) is 10.5. The van der Waals surface area contributed by atoms with Crippen molar-refractivity contribution in [3.8, 4) is 5.75 Å². The van der Waals surface area contributed by atoms with Crippen LogP contribution < -0.4 is 14.4 Å². The van der Waals surface area contributed by atoms with E-state index < -0.39 is 15.8 Å². The molecule has 1 aliphatic rings. The van der Waals surface area contributed by atoms with Crippen molar-refractivity contribution in [2.75, 3.05) is 58.5 Å². The van der Waals surface area contributed by atoms with Gasteiger partial charge in [-0.1, -0.05) is 11.6 Å². The summed E-state index contributed by atoms with van der Waals surface area (Å²) in [5.74, 6) is -0.355. The van der Waals surface area contributed by atoms with Gasteiger partial charge in [0, 0.05) is 39.8 Å². The van der Waals surface area contributed by atoms with E-state index in [1.54, 1.807) is 17.0 Å². The molecule has 2 aromatic rings. The molecule has 0 atom stereocenters. The summed E-state index contributed by atoms with van der Waals surface area (Å²) in [7, 11) is -0.713. The summed E-state index contributed by atoms with van der Waals surface area (Å²) in [6.45, 7) is 2.01. The zero-order chi connectivity index (χ0) is 23.3. The van der Waals surface area contributed by atoms with E-state index in [0.717, 1.165) is 6.07 Å². The monoisotopic (exact) mass is 485 g/mol. The van der Waals surface area contributed by atoms with Crippen molar-refractivity contribution in [1.82, 2.24) is 9.62 Å². The number of anilines is 1.